The highest BCUT2D eigenvalue weighted by Crippen LogP contribution is 2.43. The van der Waals surface area contributed by atoms with Crippen LogP contribution in [0.4, 0.5) is 0 Å². The van der Waals surface area contributed by atoms with Crippen molar-refractivity contribution in [3.05, 3.63) is 0 Å². The van der Waals surface area contributed by atoms with Crippen LogP contribution >= 0.6 is 0 Å². The van der Waals surface area contributed by atoms with Gasteiger partial charge >= 0.3 is 0 Å². The zero-order valence-corrected chi connectivity index (χ0v) is 11.4. The summed E-state index contributed by atoms with van der Waals surface area (Å²) in [5, 5.41) is 0.204. The molecule has 1 aliphatic heterocycles. The van der Waals surface area contributed by atoms with Crippen LogP contribution in [0.3, 0.4) is 0 Å². The minimum absolute atomic E-state index is 0.204. The number of hydrogen-bond acceptors (Lipinski definition) is 1. The fourth-order valence-corrected chi connectivity index (χ4v) is 4.44. The van der Waals surface area contributed by atoms with Crippen molar-refractivity contribution in [3.8, 4) is 12.3 Å². The molecule has 0 aromatic heterocycles. The molecule has 0 radical (unpaired) electrons. The highest BCUT2D eigenvalue weighted by atomic mass is 28.3. The van der Waals surface area contributed by atoms with Gasteiger partial charge in [-0.1, -0.05) is 33.9 Å². The first kappa shape index (κ1) is 12.3. The van der Waals surface area contributed by atoms with E-state index >= 15 is 0 Å². The summed E-state index contributed by atoms with van der Waals surface area (Å²) in [5.41, 5.74) is 0. The molecule has 0 saturated carbocycles. The van der Waals surface area contributed by atoms with Crippen LogP contribution in [0.15, 0.2) is 0 Å². The van der Waals surface area contributed by atoms with Crippen LogP contribution in [0.25, 0.3) is 0 Å². The molecule has 0 bridgehead atoms. The van der Waals surface area contributed by atoms with Gasteiger partial charge in [0.2, 0.25) is 5.91 Å². The SMILES string of the molecule is C#CCC1CC(=O)N1[Si](C)(C)C(C)(C)C. The Hall–Kier alpha value is -0.753. The molecule has 0 spiro atoms. The number of nitrogens with zero attached hydrogens (tertiary/aromatic N) is 1. The van der Waals surface area contributed by atoms with Crippen molar-refractivity contribution in [1.82, 2.24) is 4.57 Å². The quantitative estimate of drug-likeness (QED) is 0.400. The highest BCUT2D eigenvalue weighted by Gasteiger charge is 2.51. The van der Waals surface area contributed by atoms with Crippen LogP contribution < -0.4 is 0 Å². The van der Waals surface area contributed by atoms with Gasteiger partial charge < -0.3 is 4.57 Å². The summed E-state index contributed by atoms with van der Waals surface area (Å²) in [6, 6.07) is 0.309. The van der Waals surface area contributed by atoms with Crippen molar-refractivity contribution in [2.75, 3.05) is 0 Å². The van der Waals surface area contributed by atoms with E-state index in [1.165, 1.54) is 0 Å². The Morgan fingerprint density at radius 3 is 2.40 bits per heavy atom. The first-order valence-electron chi connectivity index (χ1n) is 5.47. The molecule has 3 heteroatoms. The van der Waals surface area contributed by atoms with Crippen LogP contribution in [0.1, 0.15) is 33.6 Å². The number of carbonyl (C=O) groups is 1. The molecule has 84 valence electrons. The minimum atomic E-state index is -1.70. The summed E-state index contributed by atoms with van der Waals surface area (Å²) < 4.78 is 2.10. The third-order valence-electron chi connectivity index (χ3n) is 3.84. The normalized spacial score (nSPS) is 22.3. The fraction of sp³-hybridized carbons (Fsp3) is 0.750. The molecule has 0 aromatic carbocycles. The molecular formula is C12H21NOSi. The molecule has 0 aliphatic carbocycles. The zero-order valence-electron chi connectivity index (χ0n) is 10.4. The van der Waals surface area contributed by atoms with E-state index in [1.807, 2.05) is 0 Å². The lowest BCUT2D eigenvalue weighted by Crippen LogP contribution is -2.67. The predicted molar refractivity (Wildman–Crippen MR) is 65.9 cm³/mol. The molecule has 2 nitrogen and oxygen atoms in total. The van der Waals surface area contributed by atoms with Crippen molar-refractivity contribution >= 4 is 14.1 Å². The zero-order chi connectivity index (χ0) is 11.9. The van der Waals surface area contributed by atoms with Gasteiger partial charge in [0.25, 0.3) is 0 Å². The molecule has 1 heterocycles. The van der Waals surface area contributed by atoms with Crippen molar-refractivity contribution in [3.63, 3.8) is 0 Å². The van der Waals surface area contributed by atoms with Crippen LogP contribution in [-0.4, -0.2) is 24.7 Å². The monoisotopic (exact) mass is 223 g/mol. The topological polar surface area (TPSA) is 20.3 Å². The fourth-order valence-electron chi connectivity index (χ4n) is 1.91. The smallest absolute Gasteiger partial charge is 0.217 e. The van der Waals surface area contributed by atoms with Crippen molar-refractivity contribution in [2.24, 2.45) is 0 Å². The molecule has 1 atom stereocenters. The average Bonchev–Trinajstić information content (AvgIpc) is 2.00. The van der Waals surface area contributed by atoms with Gasteiger partial charge in [0, 0.05) is 18.9 Å². The van der Waals surface area contributed by atoms with E-state index in [0.29, 0.717) is 24.8 Å². The van der Waals surface area contributed by atoms with Gasteiger partial charge in [-0.15, -0.1) is 12.3 Å². The lowest BCUT2D eigenvalue weighted by atomic mass is 10.0. The maximum Gasteiger partial charge on any atom is 0.217 e. The molecule has 1 rings (SSSR count). The Bertz CT molecular complexity index is 309. The summed E-state index contributed by atoms with van der Waals surface area (Å²) in [7, 11) is -1.70. The molecule has 1 fully saturated rings. The predicted octanol–water partition coefficient (Wildman–Crippen LogP) is 2.62. The summed E-state index contributed by atoms with van der Waals surface area (Å²) in [6.07, 6.45) is 6.68. The molecule has 1 amide bonds. The molecule has 1 saturated heterocycles. The second kappa shape index (κ2) is 3.68. The van der Waals surface area contributed by atoms with E-state index in [0.717, 1.165) is 0 Å². The standard InChI is InChI=1S/C12H21NOSi/c1-7-8-10-9-11(14)13(10)15(5,6)12(2,3)4/h1,10H,8-9H2,2-6H3. The van der Waals surface area contributed by atoms with Gasteiger partial charge in [-0.05, 0) is 5.04 Å². The van der Waals surface area contributed by atoms with E-state index in [9.17, 15) is 4.79 Å². The van der Waals surface area contributed by atoms with Crippen LogP contribution in [-0.2, 0) is 4.79 Å². The Morgan fingerprint density at radius 1 is 1.53 bits per heavy atom. The average molecular weight is 223 g/mol. The number of β-lactam (4-membered cyclic amide) rings is 1. The van der Waals surface area contributed by atoms with Gasteiger partial charge in [-0.3, -0.25) is 4.79 Å². The van der Waals surface area contributed by atoms with Gasteiger partial charge in [0.05, 0.1) is 0 Å². The molecule has 0 aromatic rings. The van der Waals surface area contributed by atoms with E-state index in [1.54, 1.807) is 0 Å². The molecule has 1 aliphatic rings. The molecule has 0 N–H and O–H groups in total. The van der Waals surface area contributed by atoms with E-state index in [2.05, 4.69) is 44.4 Å². The van der Waals surface area contributed by atoms with Gasteiger partial charge in [-0.25, -0.2) is 0 Å². The minimum Gasteiger partial charge on any atom is -0.365 e. The number of amides is 1. The largest absolute Gasteiger partial charge is 0.365 e. The highest BCUT2D eigenvalue weighted by molar-refractivity contribution is 6.79. The summed E-state index contributed by atoms with van der Waals surface area (Å²) in [4.78, 5) is 11.7. The summed E-state index contributed by atoms with van der Waals surface area (Å²) >= 11 is 0. The van der Waals surface area contributed by atoms with Crippen LogP contribution in [0, 0.1) is 12.3 Å². The van der Waals surface area contributed by atoms with Gasteiger partial charge in [0.15, 0.2) is 8.24 Å². The van der Waals surface area contributed by atoms with E-state index < -0.39 is 8.24 Å². The Morgan fingerprint density at radius 2 is 2.07 bits per heavy atom. The lowest BCUT2D eigenvalue weighted by molar-refractivity contribution is -0.138. The third-order valence-corrected chi connectivity index (χ3v) is 9.33. The summed E-state index contributed by atoms with van der Waals surface area (Å²) in [6.45, 7) is 11.2. The molecule has 15 heavy (non-hydrogen) atoms. The second-order valence-electron chi connectivity index (χ2n) is 5.84. The third kappa shape index (κ3) is 1.96. The lowest BCUT2D eigenvalue weighted by Gasteiger charge is -2.54. The molecular weight excluding hydrogens is 202 g/mol. The second-order valence-corrected chi connectivity index (χ2v) is 10.9. The van der Waals surface area contributed by atoms with Crippen molar-refractivity contribution < 1.29 is 4.79 Å². The Balaban J connectivity index is 2.87. The number of carbonyl (C=O) groups excluding carboxylic acids is 1. The number of rotatable bonds is 2. The van der Waals surface area contributed by atoms with Crippen molar-refractivity contribution in [1.29, 1.82) is 0 Å². The maximum absolute atomic E-state index is 11.7. The first-order valence-corrected chi connectivity index (χ1v) is 8.42. The van der Waals surface area contributed by atoms with Crippen LogP contribution in [0.2, 0.25) is 18.1 Å². The van der Waals surface area contributed by atoms with E-state index in [-0.39, 0.29) is 5.04 Å². The van der Waals surface area contributed by atoms with Gasteiger partial charge in [0.1, 0.15) is 0 Å². The summed E-state index contributed by atoms with van der Waals surface area (Å²) in [5.74, 6) is 2.97. The number of hydrogen-bond donors (Lipinski definition) is 0. The van der Waals surface area contributed by atoms with Crippen LogP contribution in [0.5, 0.6) is 0 Å². The first-order chi connectivity index (χ1) is 6.71. The number of terminal acetylenes is 1. The Labute approximate surface area is 94.1 Å². The Kier molecular flexibility index (Phi) is 3.02. The van der Waals surface area contributed by atoms with Gasteiger partial charge in [-0.2, -0.15) is 0 Å². The maximum atomic E-state index is 11.7. The van der Waals surface area contributed by atoms with E-state index in [4.69, 9.17) is 6.42 Å². The molecule has 1 unspecified atom stereocenters. The van der Waals surface area contributed by atoms with Crippen molar-refractivity contribution in [2.45, 2.75) is 57.8 Å².